The van der Waals surface area contributed by atoms with Gasteiger partial charge in [0.25, 0.3) is 0 Å². The third-order valence-corrected chi connectivity index (χ3v) is 9.75. The smallest absolute Gasteiger partial charge is 0.123 e. The number of hydrogen-bond acceptors (Lipinski definition) is 5. The van der Waals surface area contributed by atoms with Crippen molar-refractivity contribution in [3.8, 4) is 12.1 Å². The Kier molecular flexibility index (Phi) is 30.5. The normalized spacial score (nSPS) is 14.9. The zero-order valence-electron chi connectivity index (χ0n) is 35.7. The van der Waals surface area contributed by atoms with Gasteiger partial charge in [0.05, 0.1) is 18.0 Å². The zero-order chi connectivity index (χ0) is 42.0. The van der Waals surface area contributed by atoms with Crippen LogP contribution in [0.3, 0.4) is 0 Å². The number of likely N-dealkylation sites (N-methyl/N-ethyl adjacent to an activating group) is 1. The first-order chi connectivity index (χ1) is 27.0. The van der Waals surface area contributed by atoms with Crippen molar-refractivity contribution in [2.45, 2.75) is 105 Å². The Morgan fingerprint density at radius 3 is 2.23 bits per heavy atom. The van der Waals surface area contributed by atoms with Gasteiger partial charge in [-0.1, -0.05) is 126 Å². The Morgan fingerprint density at radius 1 is 1.04 bits per heavy atom. The lowest BCUT2D eigenvalue weighted by Gasteiger charge is -2.26. The number of aliphatic imine (C=N–C) groups is 1. The lowest BCUT2D eigenvalue weighted by atomic mass is 9.82. The van der Waals surface area contributed by atoms with E-state index in [-0.39, 0.29) is 11.7 Å². The molecular formula is C49H71FN6. The van der Waals surface area contributed by atoms with Gasteiger partial charge in [-0.3, -0.25) is 4.99 Å². The number of hydrazine groups is 1. The number of nitriles is 2. The van der Waals surface area contributed by atoms with E-state index < -0.39 is 0 Å². The largest absolute Gasteiger partial charge is 0.374 e. The van der Waals surface area contributed by atoms with Crippen LogP contribution in [-0.4, -0.2) is 38.4 Å². The van der Waals surface area contributed by atoms with Gasteiger partial charge in [-0.15, -0.1) is 12.3 Å². The molecule has 4 unspecified atom stereocenters. The molecule has 0 saturated heterocycles. The number of aryl methyl sites for hydroxylation is 1. The van der Waals surface area contributed by atoms with Gasteiger partial charge in [0.1, 0.15) is 11.9 Å². The van der Waals surface area contributed by atoms with Crippen molar-refractivity contribution in [3.05, 3.63) is 138 Å². The van der Waals surface area contributed by atoms with Crippen molar-refractivity contribution in [1.82, 2.24) is 15.8 Å². The van der Waals surface area contributed by atoms with Crippen LogP contribution in [-0.2, 0) is 6.42 Å². The fraction of sp³-hybridized carbons (Fsp3) is 0.469. The molecule has 56 heavy (non-hydrogen) atoms. The summed E-state index contributed by atoms with van der Waals surface area (Å²) in [5, 5.41) is 16.4. The van der Waals surface area contributed by atoms with Crippen LogP contribution < -0.4 is 10.9 Å². The predicted molar refractivity (Wildman–Crippen MR) is 238 cm³/mol. The number of nitrogens with one attached hydrogen (secondary N) is 2. The van der Waals surface area contributed by atoms with Gasteiger partial charge in [-0.2, -0.15) is 10.5 Å². The Bertz CT molecular complexity index is 1570. The van der Waals surface area contributed by atoms with Crippen molar-refractivity contribution < 1.29 is 4.39 Å². The fourth-order valence-electron chi connectivity index (χ4n) is 5.93. The average Bonchev–Trinajstić information content (AvgIpc) is 3.20. The van der Waals surface area contributed by atoms with E-state index in [1.165, 1.54) is 74.3 Å². The molecular weight excluding hydrogens is 692 g/mol. The minimum absolute atomic E-state index is 0.0747. The van der Waals surface area contributed by atoms with Crippen molar-refractivity contribution in [3.63, 3.8) is 0 Å². The Morgan fingerprint density at radius 2 is 1.68 bits per heavy atom. The van der Waals surface area contributed by atoms with Crippen molar-refractivity contribution in [1.29, 1.82) is 10.5 Å². The second-order valence-corrected chi connectivity index (χ2v) is 14.2. The lowest BCUT2D eigenvalue weighted by molar-refractivity contribution is 0.424. The van der Waals surface area contributed by atoms with Crippen LogP contribution in [0.15, 0.2) is 126 Å². The standard InChI is InChI=1S/C22H30N2.C15H25N3.C10H13F.C2H3N/c1-7-20(21(8-2)15-23)10-9-11-22-13-12-19(14-18(22)5)16-24(6)17(3)4;1-16-18-14-17-13-9-4-2-3-6-10-15-11-7-5-8-12-15;1-3-8(2)9-4-6-10(11)7-5-9;1-2-3/h7,12-14,18,20,22H,1-3,9-11,16H2,4-6H3;5,7-8,11-12,14,16H,2-4,6,9-10,13H2,1H3,(H,17,18);4-8H,3H2,1-2H3;1H3. The topological polar surface area (TPSA) is 87.2 Å². The van der Waals surface area contributed by atoms with Crippen molar-refractivity contribution in [2.75, 3.05) is 27.2 Å². The number of benzene rings is 2. The highest BCUT2D eigenvalue weighted by atomic mass is 19.1. The third kappa shape index (κ3) is 24.5. The monoisotopic (exact) mass is 763 g/mol. The van der Waals surface area contributed by atoms with Gasteiger partial charge >= 0.3 is 0 Å². The average molecular weight is 763 g/mol. The molecule has 2 aromatic rings. The van der Waals surface area contributed by atoms with Crippen LogP contribution >= 0.6 is 0 Å². The van der Waals surface area contributed by atoms with E-state index in [1.54, 1.807) is 12.4 Å². The SMILES string of the molecule is C=C=C(C#N)C(C=C)CCCC1C=CC(CN(C)C(=C)C)=CC1C.CC#N.CCC(C)c1ccc(F)cc1.CNNC=NCCCCCCCc1ccccc1. The van der Waals surface area contributed by atoms with Crippen LogP contribution in [0.5, 0.6) is 0 Å². The number of halogens is 1. The maximum atomic E-state index is 12.5. The van der Waals surface area contributed by atoms with Gasteiger partial charge in [0.2, 0.25) is 0 Å². The first-order valence-corrected chi connectivity index (χ1v) is 20.2. The molecule has 0 heterocycles. The van der Waals surface area contributed by atoms with Gasteiger partial charge < -0.3 is 10.3 Å². The Balaban J connectivity index is 0.000000828. The predicted octanol–water partition coefficient (Wildman–Crippen LogP) is 12.2. The molecule has 0 saturated carbocycles. The molecule has 1 aliphatic carbocycles. The zero-order valence-corrected chi connectivity index (χ0v) is 35.7. The van der Waals surface area contributed by atoms with Crippen LogP contribution in [0.2, 0.25) is 0 Å². The van der Waals surface area contributed by atoms with Gasteiger partial charge in [0.15, 0.2) is 0 Å². The molecule has 0 aromatic heterocycles. The maximum Gasteiger partial charge on any atom is 0.123 e. The fourth-order valence-corrected chi connectivity index (χ4v) is 5.93. The van der Waals surface area contributed by atoms with Crippen molar-refractivity contribution in [2.24, 2.45) is 22.7 Å². The third-order valence-electron chi connectivity index (χ3n) is 9.75. The summed E-state index contributed by atoms with van der Waals surface area (Å²) in [6, 6.07) is 21.4. The molecule has 3 rings (SSSR count). The highest BCUT2D eigenvalue weighted by Gasteiger charge is 2.18. The summed E-state index contributed by atoms with van der Waals surface area (Å²) in [6.07, 6.45) is 22.4. The van der Waals surface area contributed by atoms with E-state index in [0.29, 0.717) is 23.3 Å². The molecule has 4 atom stereocenters. The minimum Gasteiger partial charge on any atom is -0.374 e. The molecule has 0 bridgehead atoms. The highest BCUT2D eigenvalue weighted by molar-refractivity contribution is 5.53. The molecule has 1 aliphatic rings. The quantitative estimate of drug-likeness (QED) is 0.0251. The van der Waals surface area contributed by atoms with Crippen LogP contribution in [0, 0.1) is 46.2 Å². The summed E-state index contributed by atoms with van der Waals surface area (Å²) in [6.45, 7) is 23.3. The summed E-state index contributed by atoms with van der Waals surface area (Å²) >= 11 is 0. The number of nitrogens with zero attached hydrogens (tertiary/aromatic N) is 4. The summed E-state index contributed by atoms with van der Waals surface area (Å²) in [7, 11) is 3.90. The second-order valence-electron chi connectivity index (χ2n) is 14.2. The molecule has 0 fully saturated rings. The molecule has 2 aromatic carbocycles. The van der Waals surface area contributed by atoms with Crippen LogP contribution in [0.25, 0.3) is 0 Å². The van der Waals surface area contributed by atoms with E-state index in [9.17, 15) is 4.39 Å². The number of rotatable bonds is 21. The summed E-state index contributed by atoms with van der Waals surface area (Å²) < 4.78 is 12.5. The van der Waals surface area contributed by atoms with Gasteiger partial charge in [-0.25, -0.2) is 9.82 Å². The first-order valence-electron chi connectivity index (χ1n) is 20.2. The molecule has 0 amide bonds. The molecule has 6 nitrogen and oxygen atoms in total. The molecule has 304 valence electrons. The van der Waals surface area contributed by atoms with Crippen LogP contribution in [0.4, 0.5) is 4.39 Å². The van der Waals surface area contributed by atoms with E-state index in [0.717, 1.165) is 44.5 Å². The van der Waals surface area contributed by atoms with E-state index in [4.69, 9.17) is 10.5 Å². The van der Waals surface area contributed by atoms with Gasteiger partial charge in [0, 0.05) is 45.7 Å². The molecule has 0 radical (unpaired) electrons. The molecule has 7 heteroatoms. The second kappa shape index (κ2) is 33.4. The first kappa shape index (κ1) is 51.1. The van der Waals surface area contributed by atoms with Crippen LogP contribution in [0.1, 0.15) is 109 Å². The van der Waals surface area contributed by atoms with E-state index >= 15 is 0 Å². The molecule has 0 spiro atoms. The summed E-state index contributed by atoms with van der Waals surface area (Å²) in [4.78, 5) is 6.40. The minimum atomic E-state index is -0.156. The Labute approximate surface area is 341 Å². The molecule has 2 N–H and O–H groups in total. The van der Waals surface area contributed by atoms with Gasteiger partial charge in [-0.05, 0) is 92.0 Å². The van der Waals surface area contributed by atoms with E-state index in [2.05, 4.69) is 129 Å². The highest BCUT2D eigenvalue weighted by Crippen LogP contribution is 2.29. The summed E-state index contributed by atoms with van der Waals surface area (Å²) in [5.74, 6) is 1.56. The summed E-state index contributed by atoms with van der Waals surface area (Å²) in [5.41, 5.74) is 14.1. The number of unbranched alkanes of at least 4 members (excludes halogenated alkanes) is 4. The molecule has 0 aliphatic heterocycles. The van der Waals surface area contributed by atoms with E-state index in [1.807, 2.05) is 32.2 Å². The maximum absolute atomic E-state index is 12.5. The Hall–Kier alpha value is -4.94. The van der Waals surface area contributed by atoms with Crippen molar-refractivity contribution >= 4 is 6.34 Å². The lowest BCUT2D eigenvalue weighted by Crippen LogP contribution is -2.25. The number of allylic oxidation sites excluding steroid dienone is 5. The number of hydrogen-bond donors (Lipinski definition) is 2.